The van der Waals surface area contributed by atoms with E-state index >= 15 is 0 Å². The Labute approximate surface area is 131 Å². The van der Waals surface area contributed by atoms with Crippen molar-refractivity contribution in [3.05, 3.63) is 38.9 Å². The van der Waals surface area contributed by atoms with E-state index < -0.39 is 10.0 Å². The van der Waals surface area contributed by atoms with Gasteiger partial charge in [0.1, 0.15) is 4.21 Å². The minimum absolute atomic E-state index is 0.100. The van der Waals surface area contributed by atoms with Crippen molar-refractivity contribution < 1.29 is 8.42 Å². The van der Waals surface area contributed by atoms with Crippen molar-refractivity contribution in [2.75, 3.05) is 6.54 Å². The van der Waals surface area contributed by atoms with Crippen LogP contribution in [-0.2, 0) is 22.3 Å². The molecule has 7 heteroatoms. The fourth-order valence-corrected chi connectivity index (χ4v) is 6.66. The van der Waals surface area contributed by atoms with Gasteiger partial charge in [-0.25, -0.2) is 8.42 Å². The summed E-state index contributed by atoms with van der Waals surface area (Å²) in [6.45, 7) is 2.50. The van der Waals surface area contributed by atoms with E-state index in [-0.39, 0.29) is 6.04 Å². The second-order valence-corrected chi connectivity index (χ2v) is 9.25. The molecule has 1 unspecified atom stereocenters. The van der Waals surface area contributed by atoms with Gasteiger partial charge in [0.2, 0.25) is 0 Å². The molecule has 0 N–H and O–H groups in total. The predicted octanol–water partition coefficient (Wildman–Crippen LogP) is 3.86. The summed E-state index contributed by atoms with van der Waals surface area (Å²) in [5.74, 6) is 0.352. The molecule has 0 spiro atoms. The number of fused-ring (bicyclic) bond motifs is 1. The van der Waals surface area contributed by atoms with Crippen molar-refractivity contribution >= 4 is 44.3 Å². The monoisotopic (exact) mass is 347 g/mol. The maximum atomic E-state index is 12.8. The van der Waals surface area contributed by atoms with Gasteiger partial charge in [-0.05, 0) is 42.5 Å². The topological polar surface area (TPSA) is 37.4 Å². The second kappa shape index (κ2) is 5.42. The summed E-state index contributed by atoms with van der Waals surface area (Å²) >= 11 is 8.73. The molecule has 2 aromatic rings. The quantitative estimate of drug-likeness (QED) is 0.791. The van der Waals surface area contributed by atoms with Gasteiger partial charge in [0.25, 0.3) is 10.0 Å². The number of rotatable bonds is 3. The molecule has 3 nitrogen and oxygen atoms in total. The highest BCUT2D eigenvalue weighted by atomic mass is 35.5. The summed E-state index contributed by atoms with van der Waals surface area (Å²) in [4.78, 5) is 2.18. The lowest BCUT2D eigenvalue weighted by molar-refractivity contribution is 0.330. The third-order valence-electron chi connectivity index (χ3n) is 3.55. The molecule has 108 valence electrons. The SMILES string of the molecule is CC1c2ccsc2CCN1S(=O)(=O)c1ccc(CCl)s1. The molecule has 2 aromatic heterocycles. The van der Waals surface area contributed by atoms with Gasteiger partial charge in [-0.2, -0.15) is 4.31 Å². The van der Waals surface area contributed by atoms with Crippen LogP contribution in [0.2, 0.25) is 0 Å². The van der Waals surface area contributed by atoms with Gasteiger partial charge in [0, 0.05) is 22.3 Å². The van der Waals surface area contributed by atoms with Crippen LogP contribution in [0.4, 0.5) is 0 Å². The standard InChI is InChI=1S/C13H14ClNO2S3/c1-9-11-5-7-18-12(11)4-6-15(9)20(16,17)13-3-2-10(8-14)19-13/h2-3,5,7,9H,4,6,8H2,1H3. The zero-order chi connectivity index (χ0) is 14.3. The minimum Gasteiger partial charge on any atom is -0.206 e. The molecule has 1 aliphatic rings. The predicted molar refractivity (Wildman–Crippen MR) is 84.2 cm³/mol. The van der Waals surface area contributed by atoms with Crippen LogP contribution in [0.25, 0.3) is 0 Å². The first-order chi connectivity index (χ1) is 9.54. The van der Waals surface area contributed by atoms with Gasteiger partial charge in [0.05, 0.1) is 5.88 Å². The lowest BCUT2D eigenvalue weighted by atomic mass is 10.0. The largest absolute Gasteiger partial charge is 0.253 e. The first-order valence-corrected chi connectivity index (χ1v) is 9.94. The highest BCUT2D eigenvalue weighted by Gasteiger charge is 2.35. The molecule has 1 atom stereocenters. The van der Waals surface area contributed by atoms with Crippen molar-refractivity contribution in [3.8, 4) is 0 Å². The average Bonchev–Trinajstić information content (AvgIpc) is 3.08. The van der Waals surface area contributed by atoms with Crippen LogP contribution in [0.15, 0.2) is 27.8 Å². The molecule has 0 amide bonds. The van der Waals surface area contributed by atoms with Crippen LogP contribution >= 0.6 is 34.3 Å². The van der Waals surface area contributed by atoms with Crippen LogP contribution < -0.4 is 0 Å². The number of nitrogens with zero attached hydrogens (tertiary/aromatic N) is 1. The minimum atomic E-state index is -3.42. The molecular weight excluding hydrogens is 334 g/mol. The van der Waals surface area contributed by atoms with Crippen LogP contribution in [-0.4, -0.2) is 19.3 Å². The Morgan fingerprint density at radius 2 is 2.20 bits per heavy atom. The molecule has 0 saturated carbocycles. The third-order valence-corrected chi connectivity index (χ3v) is 8.52. The number of thiophene rings is 2. The number of alkyl halides is 1. The summed E-state index contributed by atoms with van der Waals surface area (Å²) in [5, 5.41) is 2.04. The highest BCUT2D eigenvalue weighted by molar-refractivity contribution is 7.91. The Kier molecular flexibility index (Phi) is 3.94. The van der Waals surface area contributed by atoms with Gasteiger partial charge in [-0.3, -0.25) is 0 Å². The molecule has 20 heavy (non-hydrogen) atoms. The Morgan fingerprint density at radius 1 is 1.40 bits per heavy atom. The van der Waals surface area contributed by atoms with Crippen molar-refractivity contribution in [3.63, 3.8) is 0 Å². The normalized spacial score (nSPS) is 20.0. The Balaban J connectivity index is 1.96. The van der Waals surface area contributed by atoms with Gasteiger partial charge in [0.15, 0.2) is 0 Å². The van der Waals surface area contributed by atoms with E-state index in [1.54, 1.807) is 27.8 Å². The lowest BCUT2D eigenvalue weighted by Crippen LogP contribution is -2.37. The molecule has 3 rings (SSSR count). The van der Waals surface area contributed by atoms with Crippen molar-refractivity contribution in [1.29, 1.82) is 0 Å². The fourth-order valence-electron chi connectivity index (χ4n) is 2.50. The molecule has 0 aliphatic carbocycles. The second-order valence-electron chi connectivity index (χ2n) is 4.70. The zero-order valence-electron chi connectivity index (χ0n) is 10.9. The van der Waals surface area contributed by atoms with Gasteiger partial charge < -0.3 is 0 Å². The number of hydrogen-bond acceptors (Lipinski definition) is 4. The van der Waals surface area contributed by atoms with Crippen LogP contribution in [0.5, 0.6) is 0 Å². The molecule has 0 bridgehead atoms. The zero-order valence-corrected chi connectivity index (χ0v) is 14.1. The van der Waals surface area contributed by atoms with Crippen LogP contribution in [0.3, 0.4) is 0 Å². The first kappa shape index (κ1) is 14.5. The van der Waals surface area contributed by atoms with E-state index in [1.165, 1.54) is 16.2 Å². The van der Waals surface area contributed by atoms with E-state index in [0.29, 0.717) is 16.6 Å². The summed E-state index contributed by atoms with van der Waals surface area (Å²) in [6, 6.07) is 5.38. The lowest BCUT2D eigenvalue weighted by Gasteiger charge is -2.32. The molecule has 3 heterocycles. The van der Waals surface area contributed by atoms with Crippen molar-refractivity contribution in [2.24, 2.45) is 0 Å². The van der Waals surface area contributed by atoms with E-state index in [1.807, 2.05) is 18.4 Å². The third kappa shape index (κ3) is 2.33. The number of hydrogen-bond donors (Lipinski definition) is 0. The van der Waals surface area contributed by atoms with Gasteiger partial charge in [-0.15, -0.1) is 34.3 Å². The molecule has 0 fully saturated rings. The maximum Gasteiger partial charge on any atom is 0.253 e. The van der Waals surface area contributed by atoms with E-state index in [4.69, 9.17) is 11.6 Å². The fraction of sp³-hybridized carbons (Fsp3) is 0.385. The summed E-state index contributed by atoms with van der Waals surface area (Å²) in [5.41, 5.74) is 1.14. The molecule has 0 radical (unpaired) electrons. The van der Waals surface area contributed by atoms with E-state index in [2.05, 4.69) is 0 Å². The Morgan fingerprint density at radius 3 is 2.90 bits per heavy atom. The average molecular weight is 348 g/mol. The summed E-state index contributed by atoms with van der Waals surface area (Å²) in [6.07, 6.45) is 0.796. The van der Waals surface area contributed by atoms with Gasteiger partial charge in [-0.1, -0.05) is 0 Å². The molecule has 1 aliphatic heterocycles. The van der Waals surface area contributed by atoms with Gasteiger partial charge >= 0.3 is 0 Å². The molecule has 0 aromatic carbocycles. The smallest absolute Gasteiger partial charge is 0.206 e. The van der Waals surface area contributed by atoms with Crippen molar-refractivity contribution in [1.82, 2.24) is 4.31 Å². The maximum absolute atomic E-state index is 12.8. The molecule has 0 saturated heterocycles. The highest BCUT2D eigenvalue weighted by Crippen LogP contribution is 2.37. The van der Waals surface area contributed by atoms with E-state index in [9.17, 15) is 8.42 Å². The van der Waals surface area contributed by atoms with Crippen molar-refractivity contribution in [2.45, 2.75) is 29.5 Å². The van der Waals surface area contributed by atoms with Crippen LogP contribution in [0.1, 0.15) is 28.3 Å². The summed E-state index contributed by atoms with van der Waals surface area (Å²) in [7, 11) is -3.42. The first-order valence-electron chi connectivity index (χ1n) is 6.27. The number of sulfonamides is 1. The molecular formula is C13H14ClNO2S3. The Hall–Kier alpha value is -0.400. The van der Waals surface area contributed by atoms with Crippen LogP contribution in [0, 0.1) is 0 Å². The Bertz CT molecular complexity index is 720. The number of halogens is 1. The summed E-state index contributed by atoms with van der Waals surface area (Å²) < 4.78 is 27.5. The van der Waals surface area contributed by atoms with E-state index in [0.717, 1.165) is 16.9 Å².